The van der Waals surface area contributed by atoms with Gasteiger partial charge in [-0.3, -0.25) is 0 Å². The van der Waals surface area contributed by atoms with Crippen molar-refractivity contribution >= 4 is 71.7 Å². The van der Waals surface area contributed by atoms with E-state index in [4.69, 9.17) is 8.83 Å². The third kappa shape index (κ3) is 4.08. The summed E-state index contributed by atoms with van der Waals surface area (Å²) in [7, 11) is 0. The number of hydrogen-bond acceptors (Lipinski definition) is 3. The molecule has 1 aliphatic rings. The predicted octanol–water partition coefficient (Wildman–Crippen LogP) is 14.1. The van der Waals surface area contributed by atoms with E-state index in [0.29, 0.717) is 0 Å². The summed E-state index contributed by atoms with van der Waals surface area (Å²) >= 11 is 0. The van der Waals surface area contributed by atoms with Crippen LogP contribution < -0.4 is 4.90 Å². The van der Waals surface area contributed by atoms with Crippen LogP contribution >= 0.6 is 0 Å². The van der Waals surface area contributed by atoms with Crippen molar-refractivity contribution in [1.82, 2.24) is 0 Å². The molecule has 2 heterocycles. The predicted molar refractivity (Wildman–Crippen MR) is 216 cm³/mol. The maximum absolute atomic E-state index is 6.94. The minimum atomic E-state index is -0.118. The highest BCUT2D eigenvalue weighted by Gasteiger charge is 2.35. The first kappa shape index (κ1) is 29.2. The molecule has 0 aliphatic heterocycles. The Morgan fingerprint density at radius 2 is 1.00 bits per heavy atom. The molecule has 0 amide bonds. The number of rotatable bonds is 4. The number of fused-ring (bicyclic) bond motifs is 13. The van der Waals surface area contributed by atoms with Crippen molar-refractivity contribution in [2.24, 2.45) is 0 Å². The van der Waals surface area contributed by atoms with E-state index in [2.05, 4.69) is 170 Å². The second kappa shape index (κ2) is 10.7. The molecule has 0 N–H and O–H groups in total. The van der Waals surface area contributed by atoms with E-state index in [-0.39, 0.29) is 5.41 Å². The van der Waals surface area contributed by atoms with E-state index in [1.807, 2.05) is 12.1 Å². The van der Waals surface area contributed by atoms with Crippen molar-refractivity contribution in [3.05, 3.63) is 175 Å². The molecule has 0 fully saturated rings. The van der Waals surface area contributed by atoms with Crippen molar-refractivity contribution in [1.29, 1.82) is 0 Å². The van der Waals surface area contributed by atoms with Gasteiger partial charge in [0.15, 0.2) is 0 Å². The maximum Gasteiger partial charge on any atom is 0.147 e. The van der Waals surface area contributed by atoms with Gasteiger partial charge in [0.05, 0.1) is 5.39 Å². The molecule has 2 aromatic heterocycles. The molecule has 0 unspecified atom stereocenters. The summed E-state index contributed by atoms with van der Waals surface area (Å²) in [6, 6.07) is 58.7. The smallest absolute Gasteiger partial charge is 0.147 e. The Kier molecular flexibility index (Phi) is 6.01. The van der Waals surface area contributed by atoms with Crippen molar-refractivity contribution < 1.29 is 8.83 Å². The van der Waals surface area contributed by atoms with Gasteiger partial charge in [-0.25, -0.2) is 0 Å². The summed E-state index contributed by atoms with van der Waals surface area (Å²) in [5.41, 5.74) is 14.3. The molecule has 0 bridgehead atoms. The Hall–Kier alpha value is -6.58. The van der Waals surface area contributed by atoms with Gasteiger partial charge in [0.2, 0.25) is 0 Å². The van der Waals surface area contributed by atoms with Crippen LogP contribution in [0.3, 0.4) is 0 Å². The summed E-state index contributed by atoms with van der Waals surface area (Å²) in [4.78, 5) is 2.36. The quantitative estimate of drug-likeness (QED) is 0.187. The largest absolute Gasteiger partial charge is 0.455 e. The van der Waals surface area contributed by atoms with Crippen LogP contribution in [0.4, 0.5) is 17.1 Å². The van der Waals surface area contributed by atoms with E-state index in [9.17, 15) is 0 Å². The van der Waals surface area contributed by atoms with Crippen molar-refractivity contribution in [3.8, 4) is 22.3 Å². The summed E-state index contributed by atoms with van der Waals surface area (Å²) in [6.45, 7) is 4.68. The van der Waals surface area contributed by atoms with Crippen LogP contribution in [-0.2, 0) is 5.41 Å². The zero-order chi connectivity index (χ0) is 34.6. The van der Waals surface area contributed by atoms with Crippen LogP contribution in [0.15, 0.2) is 173 Å². The van der Waals surface area contributed by atoms with Gasteiger partial charge in [0.1, 0.15) is 22.3 Å². The molecule has 11 rings (SSSR count). The number of para-hydroxylation sites is 1. The van der Waals surface area contributed by atoms with Gasteiger partial charge in [0.25, 0.3) is 0 Å². The second-order valence-corrected chi connectivity index (χ2v) is 14.5. The molecule has 0 saturated heterocycles. The molecule has 52 heavy (non-hydrogen) atoms. The fraction of sp³-hybridized carbons (Fsp3) is 0.0612. The van der Waals surface area contributed by atoms with Crippen LogP contribution in [-0.4, -0.2) is 0 Å². The molecule has 8 aromatic carbocycles. The standard InChI is InChI=1S/C49H33NO2/c1-49(2)41-18-10-8-14-35(41)36-26-24-33(28-42(36)49)50(32-22-20-31(21-23-32)30-12-4-3-5-13-30)34-25-27-40-44(29-34)52-48-45(40)37-15-6-7-16-38(37)47-46(48)39-17-9-11-19-43(39)51-47/h3-29H,1-2H3. The highest BCUT2D eigenvalue weighted by atomic mass is 16.3. The van der Waals surface area contributed by atoms with Gasteiger partial charge < -0.3 is 13.7 Å². The van der Waals surface area contributed by atoms with Crippen LogP contribution in [0, 0.1) is 0 Å². The number of hydrogen-bond donors (Lipinski definition) is 0. The number of furan rings is 2. The molecular weight excluding hydrogens is 635 g/mol. The molecule has 1 aliphatic carbocycles. The third-order valence-corrected chi connectivity index (χ3v) is 11.3. The molecule has 3 heteroatoms. The molecule has 0 radical (unpaired) electrons. The molecule has 0 spiro atoms. The van der Waals surface area contributed by atoms with Crippen LogP contribution in [0.2, 0.25) is 0 Å². The lowest BCUT2D eigenvalue weighted by atomic mass is 9.82. The summed E-state index contributed by atoms with van der Waals surface area (Å²) in [5.74, 6) is 0. The lowest BCUT2D eigenvalue weighted by Crippen LogP contribution is -2.16. The maximum atomic E-state index is 6.94. The Labute approximate surface area is 301 Å². The minimum Gasteiger partial charge on any atom is -0.455 e. The van der Waals surface area contributed by atoms with Gasteiger partial charge >= 0.3 is 0 Å². The zero-order valence-electron chi connectivity index (χ0n) is 28.9. The van der Waals surface area contributed by atoms with Gasteiger partial charge in [-0.1, -0.05) is 129 Å². The van der Waals surface area contributed by atoms with E-state index in [1.165, 1.54) is 33.4 Å². The lowest BCUT2D eigenvalue weighted by Gasteiger charge is -2.28. The average molecular weight is 668 g/mol. The van der Waals surface area contributed by atoms with Crippen LogP contribution in [0.25, 0.3) is 76.9 Å². The fourth-order valence-corrected chi connectivity index (χ4v) is 8.74. The Bertz CT molecular complexity index is 3040. The highest BCUT2D eigenvalue weighted by molar-refractivity contribution is 6.33. The third-order valence-electron chi connectivity index (χ3n) is 11.3. The first-order valence-corrected chi connectivity index (χ1v) is 17.9. The first-order chi connectivity index (χ1) is 25.5. The fourth-order valence-electron chi connectivity index (χ4n) is 8.74. The monoisotopic (exact) mass is 667 g/mol. The van der Waals surface area contributed by atoms with E-state index >= 15 is 0 Å². The Balaban J connectivity index is 1.14. The van der Waals surface area contributed by atoms with Gasteiger partial charge in [-0.05, 0) is 81.2 Å². The number of anilines is 3. The van der Waals surface area contributed by atoms with Gasteiger partial charge in [-0.15, -0.1) is 0 Å². The summed E-state index contributed by atoms with van der Waals surface area (Å²) in [5, 5.41) is 6.52. The normalized spacial score (nSPS) is 13.3. The summed E-state index contributed by atoms with van der Waals surface area (Å²) in [6.07, 6.45) is 0. The molecule has 0 saturated carbocycles. The summed E-state index contributed by atoms with van der Waals surface area (Å²) < 4.78 is 13.4. The molecular formula is C49H33NO2. The van der Waals surface area contributed by atoms with E-state index < -0.39 is 0 Å². The lowest BCUT2D eigenvalue weighted by molar-refractivity contribution is 0.660. The minimum absolute atomic E-state index is 0.118. The number of benzene rings is 8. The van der Waals surface area contributed by atoms with E-state index in [0.717, 1.165) is 71.7 Å². The van der Waals surface area contributed by atoms with Gasteiger partial charge in [-0.2, -0.15) is 0 Å². The highest BCUT2D eigenvalue weighted by Crippen LogP contribution is 2.51. The molecule has 0 atom stereocenters. The van der Waals surface area contributed by atoms with Crippen molar-refractivity contribution in [2.75, 3.05) is 4.90 Å². The topological polar surface area (TPSA) is 29.5 Å². The second-order valence-electron chi connectivity index (χ2n) is 14.5. The SMILES string of the molecule is CC1(C)c2ccccc2-c2ccc(N(c3ccc(-c4ccccc4)cc3)c3ccc4c(c3)oc3c4c4ccccc4c4oc5ccccc5c43)cc21. The van der Waals surface area contributed by atoms with Crippen LogP contribution in [0.1, 0.15) is 25.0 Å². The first-order valence-electron chi connectivity index (χ1n) is 17.9. The Morgan fingerprint density at radius 3 is 1.85 bits per heavy atom. The zero-order valence-corrected chi connectivity index (χ0v) is 28.9. The van der Waals surface area contributed by atoms with E-state index in [1.54, 1.807) is 0 Å². The van der Waals surface area contributed by atoms with Crippen molar-refractivity contribution in [2.45, 2.75) is 19.3 Å². The van der Waals surface area contributed by atoms with Crippen molar-refractivity contribution in [3.63, 3.8) is 0 Å². The average Bonchev–Trinajstić information content (AvgIpc) is 3.84. The Morgan fingerprint density at radius 1 is 0.404 bits per heavy atom. The number of nitrogens with zero attached hydrogens (tertiary/aromatic N) is 1. The van der Waals surface area contributed by atoms with Crippen LogP contribution in [0.5, 0.6) is 0 Å². The molecule has 10 aromatic rings. The molecule has 3 nitrogen and oxygen atoms in total. The molecule has 246 valence electrons. The van der Waals surface area contributed by atoms with Gasteiger partial charge in [0, 0.05) is 50.1 Å².